The predicted molar refractivity (Wildman–Crippen MR) is 152 cm³/mol. The zero-order valence-corrected chi connectivity index (χ0v) is 21.2. The molecule has 0 saturated heterocycles. The molecule has 0 aliphatic rings. The van der Waals surface area contributed by atoms with Crippen molar-refractivity contribution < 1.29 is 14.3 Å². The smallest absolute Gasteiger partial charge is 0.338 e. The Morgan fingerprint density at radius 2 is 1.24 bits per heavy atom. The molecule has 0 atom stereocenters. The van der Waals surface area contributed by atoms with Crippen molar-refractivity contribution in [1.29, 1.82) is 5.26 Å². The van der Waals surface area contributed by atoms with Crippen LogP contribution in [0.5, 0.6) is 5.75 Å². The van der Waals surface area contributed by atoms with E-state index in [1.54, 1.807) is 0 Å². The van der Waals surface area contributed by atoms with Crippen LogP contribution in [-0.2, 0) is 4.74 Å². The molecule has 38 heavy (non-hydrogen) atoms. The first-order valence-electron chi connectivity index (χ1n) is 13.0. The minimum absolute atomic E-state index is 0.271. The van der Waals surface area contributed by atoms with E-state index in [1.807, 2.05) is 78.9 Å². The highest BCUT2D eigenvalue weighted by Crippen LogP contribution is 2.25. The van der Waals surface area contributed by atoms with Gasteiger partial charge in [-0.05, 0) is 107 Å². The molecule has 4 heteroatoms. The van der Waals surface area contributed by atoms with Gasteiger partial charge in [-0.2, -0.15) is 5.26 Å². The molecule has 5 aromatic carbocycles. The van der Waals surface area contributed by atoms with Crippen molar-refractivity contribution in [2.45, 2.75) is 25.7 Å². The van der Waals surface area contributed by atoms with Crippen LogP contribution in [0.15, 0.2) is 103 Å². The normalized spacial score (nSPS) is 10.8. The Morgan fingerprint density at radius 3 is 1.92 bits per heavy atom. The predicted octanol–water partition coefficient (Wildman–Crippen LogP) is 8.33. The highest BCUT2D eigenvalue weighted by atomic mass is 16.5. The molecule has 0 fully saturated rings. The summed E-state index contributed by atoms with van der Waals surface area (Å²) in [7, 11) is 0. The van der Waals surface area contributed by atoms with Gasteiger partial charge in [0.2, 0.25) is 0 Å². The number of nitriles is 1. The van der Waals surface area contributed by atoms with Crippen molar-refractivity contribution in [1.82, 2.24) is 0 Å². The maximum absolute atomic E-state index is 12.5. The lowest BCUT2D eigenvalue weighted by molar-refractivity contribution is 0.0497. The lowest BCUT2D eigenvalue weighted by atomic mass is 10.0. The average Bonchev–Trinajstić information content (AvgIpc) is 2.97. The van der Waals surface area contributed by atoms with E-state index in [4.69, 9.17) is 14.7 Å². The molecule has 0 N–H and O–H groups in total. The lowest BCUT2D eigenvalue weighted by Crippen LogP contribution is -2.06. The number of hydrogen-bond donors (Lipinski definition) is 0. The maximum atomic E-state index is 12.5. The molecular weight excluding hydrogens is 470 g/mol. The molecule has 188 valence electrons. The van der Waals surface area contributed by atoms with Crippen molar-refractivity contribution in [2.24, 2.45) is 0 Å². The molecule has 4 nitrogen and oxygen atoms in total. The van der Waals surface area contributed by atoms with E-state index in [9.17, 15) is 4.79 Å². The Balaban J connectivity index is 0.997. The quantitative estimate of drug-likeness (QED) is 0.110. The van der Waals surface area contributed by atoms with Gasteiger partial charge in [-0.3, -0.25) is 0 Å². The molecule has 0 aromatic heterocycles. The van der Waals surface area contributed by atoms with Crippen LogP contribution in [0.25, 0.3) is 32.7 Å². The number of carbonyl (C=O) groups excluding carboxylic acids is 1. The maximum Gasteiger partial charge on any atom is 0.338 e. The third kappa shape index (κ3) is 6.19. The number of unbranched alkanes of at least 4 members (excludes halogenated alkanes) is 3. The molecule has 0 bridgehead atoms. The van der Waals surface area contributed by atoms with Crippen molar-refractivity contribution in [2.75, 3.05) is 13.2 Å². The summed E-state index contributed by atoms with van der Waals surface area (Å²) in [6, 6.07) is 36.0. The van der Waals surface area contributed by atoms with E-state index < -0.39 is 0 Å². The molecule has 0 saturated carbocycles. The van der Waals surface area contributed by atoms with Gasteiger partial charge in [0.25, 0.3) is 0 Å². The SMILES string of the molecule is N#Cc1ccc(-c2ccc(OCCCCCCOC(=O)c3ccc4cc5ccccc5cc4c3)cc2)cc1. The van der Waals surface area contributed by atoms with Gasteiger partial charge in [-0.15, -0.1) is 0 Å². The van der Waals surface area contributed by atoms with Gasteiger partial charge in [0.1, 0.15) is 5.75 Å². The zero-order chi connectivity index (χ0) is 26.2. The Hall–Kier alpha value is -4.62. The van der Waals surface area contributed by atoms with E-state index in [-0.39, 0.29) is 5.97 Å². The van der Waals surface area contributed by atoms with Gasteiger partial charge >= 0.3 is 5.97 Å². The number of benzene rings is 5. The molecule has 0 radical (unpaired) electrons. The van der Waals surface area contributed by atoms with Crippen molar-refractivity contribution >= 4 is 27.5 Å². The molecule has 0 aliphatic carbocycles. The second-order valence-electron chi connectivity index (χ2n) is 9.37. The van der Waals surface area contributed by atoms with Gasteiger partial charge in [0.15, 0.2) is 0 Å². The van der Waals surface area contributed by atoms with Gasteiger partial charge < -0.3 is 9.47 Å². The Morgan fingerprint density at radius 1 is 0.632 bits per heavy atom. The largest absolute Gasteiger partial charge is 0.494 e. The van der Waals surface area contributed by atoms with Gasteiger partial charge in [0.05, 0.1) is 30.4 Å². The van der Waals surface area contributed by atoms with Crippen LogP contribution in [0, 0.1) is 11.3 Å². The third-order valence-corrected chi connectivity index (χ3v) is 6.68. The number of esters is 1. The van der Waals surface area contributed by atoms with E-state index >= 15 is 0 Å². The molecule has 5 rings (SSSR count). The molecule has 0 unspecified atom stereocenters. The summed E-state index contributed by atoms with van der Waals surface area (Å²) in [4.78, 5) is 12.5. The highest BCUT2D eigenvalue weighted by molar-refractivity contribution is 6.01. The fourth-order valence-corrected chi connectivity index (χ4v) is 4.54. The number of hydrogen-bond acceptors (Lipinski definition) is 4. The summed E-state index contributed by atoms with van der Waals surface area (Å²) in [5.74, 6) is 0.576. The lowest BCUT2D eigenvalue weighted by Gasteiger charge is -2.08. The number of rotatable bonds is 10. The topological polar surface area (TPSA) is 59.3 Å². The highest BCUT2D eigenvalue weighted by Gasteiger charge is 2.08. The number of ether oxygens (including phenoxy) is 2. The summed E-state index contributed by atoms with van der Waals surface area (Å²) in [6.07, 6.45) is 3.79. The third-order valence-electron chi connectivity index (χ3n) is 6.68. The van der Waals surface area contributed by atoms with E-state index in [0.717, 1.165) is 58.7 Å². The summed E-state index contributed by atoms with van der Waals surface area (Å²) in [6.45, 7) is 1.08. The monoisotopic (exact) mass is 499 g/mol. The molecular formula is C34H29NO3. The summed E-state index contributed by atoms with van der Waals surface area (Å²) in [5, 5.41) is 13.4. The van der Waals surface area contributed by atoms with E-state index in [2.05, 4.69) is 30.3 Å². The second-order valence-corrected chi connectivity index (χ2v) is 9.37. The van der Waals surface area contributed by atoms with E-state index in [1.165, 1.54) is 5.39 Å². The fourth-order valence-electron chi connectivity index (χ4n) is 4.54. The first kappa shape index (κ1) is 25.0. The van der Waals surface area contributed by atoms with Crippen LogP contribution in [0.2, 0.25) is 0 Å². The van der Waals surface area contributed by atoms with Gasteiger partial charge in [0, 0.05) is 0 Å². The first-order valence-corrected chi connectivity index (χ1v) is 13.0. The Labute approximate surface area is 223 Å². The fraction of sp³-hybridized carbons (Fsp3) is 0.176. The minimum Gasteiger partial charge on any atom is -0.494 e. The first-order chi connectivity index (χ1) is 18.7. The van der Waals surface area contributed by atoms with Crippen LogP contribution in [0.3, 0.4) is 0 Å². The molecule has 5 aromatic rings. The molecule has 0 spiro atoms. The zero-order valence-electron chi connectivity index (χ0n) is 21.2. The minimum atomic E-state index is -0.271. The van der Waals surface area contributed by atoms with Crippen LogP contribution < -0.4 is 4.74 Å². The Bertz CT molecular complexity index is 1580. The molecule has 0 amide bonds. The summed E-state index contributed by atoms with van der Waals surface area (Å²) >= 11 is 0. The van der Waals surface area contributed by atoms with Gasteiger partial charge in [-0.1, -0.05) is 54.6 Å². The Kier molecular flexibility index (Phi) is 7.96. The second kappa shape index (κ2) is 12.1. The van der Waals surface area contributed by atoms with Crippen molar-refractivity contribution in [3.8, 4) is 22.9 Å². The van der Waals surface area contributed by atoms with E-state index in [0.29, 0.717) is 24.3 Å². The summed E-state index contributed by atoms with van der Waals surface area (Å²) in [5.41, 5.74) is 3.41. The van der Waals surface area contributed by atoms with Crippen LogP contribution in [0.1, 0.15) is 41.6 Å². The van der Waals surface area contributed by atoms with Crippen LogP contribution in [0.4, 0.5) is 0 Å². The van der Waals surface area contributed by atoms with Crippen LogP contribution in [-0.4, -0.2) is 19.2 Å². The van der Waals surface area contributed by atoms with Gasteiger partial charge in [-0.25, -0.2) is 4.79 Å². The number of nitrogens with zero attached hydrogens (tertiary/aromatic N) is 1. The molecule has 0 aliphatic heterocycles. The number of fused-ring (bicyclic) bond motifs is 2. The van der Waals surface area contributed by atoms with Crippen molar-refractivity contribution in [3.63, 3.8) is 0 Å². The summed E-state index contributed by atoms with van der Waals surface area (Å²) < 4.78 is 11.4. The number of carbonyl (C=O) groups is 1. The van der Waals surface area contributed by atoms with Crippen LogP contribution >= 0.6 is 0 Å². The van der Waals surface area contributed by atoms with Crippen molar-refractivity contribution in [3.05, 3.63) is 114 Å². The molecule has 0 heterocycles. The average molecular weight is 500 g/mol. The standard InChI is InChI=1S/C34H29NO3/c35-24-25-9-11-26(12-10-25)27-15-17-33(18-16-27)37-19-5-1-2-6-20-38-34(36)31-14-13-30-21-28-7-3-4-8-29(28)22-32(30)23-31/h3-4,7-18,21-23H,1-2,5-6,19-20H2.